The Labute approximate surface area is 105 Å². The molecular weight excluding hydrogens is 240 g/mol. The van der Waals surface area contributed by atoms with Gasteiger partial charge in [0.25, 0.3) is 0 Å². The topological polar surface area (TPSA) is 96.2 Å². The first kappa shape index (κ1) is 14.6. The predicted octanol–water partition coefficient (Wildman–Crippen LogP) is 0.154. The van der Waals surface area contributed by atoms with Crippen molar-refractivity contribution in [1.82, 2.24) is 0 Å². The molecule has 18 heavy (non-hydrogen) atoms. The molecule has 0 aromatic carbocycles. The van der Waals surface area contributed by atoms with E-state index < -0.39 is 30.3 Å². The fraction of sp³-hybridized carbons (Fsp3) is 0.727. The van der Waals surface area contributed by atoms with Gasteiger partial charge in [0.2, 0.25) is 0 Å². The molecule has 0 aliphatic carbocycles. The number of aliphatic imine (C=N–C) groups is 1. The average Bonchev–Trinajstić information content (AvgIpc) is 2.77. The molecule has 7 nitrogen and oxygen atoms in total. The minimum absolute atomic E-state index is 0.0208. The molecule has 0 saturated heterocycles. The van der Waals surface area contributed by atoms with Crippen LogP contribution in [-0.2, 0) is 14.3 Å². The number of carboxylic acids is 2. The van der Waals surface area contributed by atoms with Crippen LogP contribution in [0.4, 0.5) is 0 Å². The monoisotopic (exact) mass is 259 g/mol. The van der Waals surface area contributed by atoms with Crippen LogP contribution in [0.2, 0.25) is 0 Å². The fourth-order valence-electron chi connectivity index (χ4n) is 2.06. The van der Waals surface area contributed by atoms with Crippen molar-refractivity contribution >= 4 is 18.3 Å². The molecule has 4 atom stereocenters. The van der Waals surface area contributed by atoms with Gasteiger partial charge in [0.05, 0.1) is 6.54 Å². The van der Waals surface area contributed by atoms with Crippen LogP contribution in [0.25, 0.3) is 0 Å². The van der Waals surface area contributed by atoms with Gasteiger partial charge in [-0.15, -0.1) is 0 Å². The summed E-state index contributed by atoms with van der Waals surface area (Å²) < 4.78 is 5.41. The van der Waals surface area contributed by atoms with E-state index in [-0.39, 0.29) is 4.48 Å². The summed E-state index contributed by atoms with van der Waals surface area (Å²) in [6.07, 6.45) is -0.00340. The summed E-state index contributed by atoms with van der Waals surface area (Å²) in [4.78, 5) is 26.0. The number of aliphatic carboxylic acids is 2. The third kappa shape index (κ3) is 2.68. The van der Waals surface area contributed by atoms with Crippen molar-refractivity contribution in [3.8, 4) is 0 Å². The van der Waals surface area contributed by atoms with Crippen molar-refractivity contribution in [2.24, 2.45) is 4.99 Å². The van der Waals surface area contributed by atoms with E-state index in [1.165, 1.54) is 6.92 Å². The van der Waals surface area contributed by atoms with Crippen molar-refractivity contribution in [3.63, 3.8) is 0 Å². The maximum Gasteiger partial charge on any atom is 0.362 e. The third-order valence-corrected chi connectivity index (χ3v) is 3.42. The normalized spacial score (nSPS) is 27.7. The SMILES string of the molecule is CC(OC(C)[N+]1(C(C)C(=O)O)C=NCC1)C(=O)O. The zero-order valence-corrected chi connectivity index (χ0v) is 10.7. The number of nitrogens with zero attached hydrogens (tertiary/aromatic N) is 2. The molecular formula is C11H19N2O5+. The van der Waals surface area contributed by atoms with Gasteiger partial charge in [-0.2, -0.15) is 0 Å². The molecule has 102 valence electrons. The largest absolute Gasteiger partial charge is 0.479 e. The molecule has 1 aliphatic heterocycles. The van der Waals surface area contributed by atoms with Gasteiger partial charge in [0, 0.05) is 6.92 Å². The van der Waals surface area contributed by atoms with Gasteiger partial charge in [0.1, 0.15) is 6.54 Å². The number of ether oxygens (including phenoxy) is 1. The Morgan fingerprint density at radius 2 is 1.89 bits per heavy atom. The highest BCUT2D eigenvalue weighted by molar-refractivity contribution is 5.73. The van der Waals surface area contributed by atoms with Gasteiger partial charge in [0.15, 0.2) is 24.7 Å². The van der Waals surface area contributed by atoms with Crippen LogP contribution in [0.1, 0.15) is 20.8 Å². The Morgan fingerprint density at radius 3 is 2.28 bits per heavy atom. The zero-order valence-electron chi connectivity index (χ0n) is 10.7. The third-order valence-electron chi connectivity index (χ3n) is 3.42. The smallest absolute Gasteiger partial charge is 0.362 e. The summed E-state index contributed by atoms with van der Waals surface area (Å²) in [7, 11) is 0. The van der Waals surface area contributed by atoms with Gasteiger partial charge >= 0.3 is 11.9 Å². The molecule has 0 spiro atoms. The Balaban J connectivity index is 2.88. The number of rotatable bonds is 6. The minimum Gasteiger partial charge on any atom is -0.479 e. The van der Waals surface area contributed by atoms with Gasteiger partial charge in [-0.25, -0.2) is 19.1 Å². The highest BCUT2D eigenvalue weighted by Gasteiger charge is 2.46. The molecule has 0 bridgehead atoms. The van der Waals surface area contributed by atoms with Crippen LogP contribution >= 0.6 is 0 Å². The lowest BCUT2D eigenvalue weighted by molar-refractivity contribution is -0.892. The average molecular weight is 259 g/mol. The van der Waals surface area contributed by atoms with E-state index in [1.807, 2.05) is 0 Å². The molecule has 4 unspecified atom stereocenters. The van der Waals surface area contributed by atoms with E-state index in [1.54, 1.807) is 20.2 Å². The summed E-state index contributed by atoms with van der Waals surface area (Å²) in [5.41, 5.74) is 0. The second-order valence-electron chi connectivity index (χ2n) is 4.47. The second kappa shape index (κ2) is 5.45. The molecule has 1 heterocycles. The highest BCUT2D eigenvalue weighted by atomic mass is 16.5. The van der Waals surface area contributed by atoms with E-state index in [2.05, 4.69) is 4.99 Å². The van der Waals surface area contributed by atoms with Crippen LogP contribution < -0.4 is 0 Å². The summed E-state index contributed by atoms with van der Waals surface area (Å²) in [5.74, 6) is -2.03. The Kier molecular flexibility index (Phi) is 4.42. The maximum absolute atomic E-state index is 11.2. The number of carbonyl (C=O) groups is 2. The Morgan fingerprint density at radius 1 is 1.28 bits per heavy atom. The van der Waals surface area contributed by atoms with E-state index in [9.17, 15) is 9.59 Å². The molecule has 0 aromatic heterocycles. The molecule has 0 fully saturated rings. The lowest BCUT2D eigenvalue weighted by atomic mass is 10.2. The van der Waals surface area contributed by atoms with Crippen LogP contribution in [0.15, 0.2) is 4.99 Å². The quantitative estimate of drug-likeness (QED) is 0.662. The van der Waals surface area contributed by atoms with Gasteiger partial charge in [-0.3, -0.25) is 0 Å². The standard InChI is InChI=1S/C11H18N2O5/c1-7(10(14)15)13(5-4-12-6-13)9(3)18-8(2)11(16)17/h6-9H,4-5H2,1-3H3,(H-,14,15,16,17)/p+1. The number of hydrogen-bond acceptors (Lipinski definition) is 4. The first-order valence-electron chi connectivity index (χ1n) is 5.80. The first-order chi connectivity index (χ1) is 8.31. The van der Waals surface area contributed by atoms with E-state index >= 15 is 0 Å². The molecule has 1 rings (SSSR count). The van der Waals surface area contributed by atoms with Crippen molar-refractivity contribution in [2.75, 3.05) is 13.1 Å². The predicted molar refractivity (Wildman–Crippen MR) is 63.2 cm³/mol. The van der Waals surface area contributed by atoms with Gasteiger partial charge < -0.3 is 14.9 Å². The Hall–Kier alpha value is -1.47. The van der Waals surface area contributed by atoms with Crippen LogP contribution in [0, 0.1) is 0 Å². The van der Waals surface area contributed by atoms with Gasteiger partial charge in [-0.05, 0) is 13.8 Å². The zero-order chi connectivity index (χ0) is 13.9. The molecule has 1 aliphatic rings. The molecule has 0 saturated carbocycles. The molecule has 7 heteroatoms. The van der Waals surface area contributed by atoms with E-state index in [0.29, 0.717) is 13.1 Å². The summed E-state index contributed by atoms with van der Waals surface area (Å²) in [6, 6.07) is -0.729. The number of quaternary nitrogens is 1. The fourth-order valence-corrected chi connectivity index (χ4v) is 2.06. The van der Waals surface area contributed by atoms with Crippen LogP contribution in [0.3, 0.4) is 0 Å². The lowest BCUT2D eigenvalue weighted by Crippen LogP contribution is -2.62. The Bertz CT molecular complexity index is 370. The van der Waals surface area contributed by atoms with Gasteiger partial charge in [-0.1, -0.05) is 0 Å². The van der Waals surface area contributed by atoms with Crippen molar-refractivity contribution < 1.29 is 29.0 Å². The van der Waals surface area contributed by atoms with Crippen LogP contribution in [-0.4, -0.2) is 64.4 Å². The van der Waals surface area contributed by atoms with Crippen LogP contribution in [0.5, 0.6) is 0 Å². The highest BCUT2D eigenvalue weighted by Crippen LogP contribution is 2.23. The molecule has 2 N–H and O–H groups in total. The first-order valence-corrected chi connectivity index (χ1v) is 5.80. The summed E-state index contributed by atoms with van der Waals surface area (Å²) >= 11 is 0. The number of hydrogen-bond donors (Lipinski definition) is 2. The summed E-state index contributed by atoms with van der Waals surface area (Å²) in [6.45, 7) is 5.70. The molecule has 0 amide bonds. The van der Waals surface area contributed by atoms with E-state index in [4.69, 9.17) is 14.9 Å². The minimum atomic E-state index is -1.07. The van der Waals surface area contributed by atoms with Crippen molar-refractivity contribution in [2.45, 2.75) is 39.1 Å². The summed E-state index contributed by atoms with van der Waals surface area (Å²) in [5, 5.41) is 18.0. The van der Waals surface area contributed by atoms with E-state index in [0.717, 1.165) is 0 Å². The lowest BCUT2D eigenvalue weighted by Gasteiger charge is -2.39. The van der Waals surface area contributed by atoms with Crippen molar-refractivity contribution in [3.05, 3.63) is 0 Å². The van der Waals surface area contributed by atoms with Crippen molar-refractivity contribution in [1.29, 1.82) is 0 Å². The maximum atomic E-state index is 11.2. The number of carboxylic acid groups (broad SMARTS) is 2. The molecule has 0 aromatic rings. The molecule has 0 radical (unpaired) electrons. The second-order valence-corrected chi connectivity index (χ2v) is 4.47.